The molecule has 3 aromatic heterocycles. The maximum atomic E-state index is 14.0. The second kappa shape index (κ2) is 7.77. The predicted octanol–water partition coefficient (Wildman–Crippen LogP) is 5.41. The molecule has 0 radical (unpaired) electrons. The van der Waals surface area contributed by atoms with Gasteiger partial charge < -0.3 is 14.7 Å². The first kappa shape index (κ1) is 19.1. The average Bonchev–Trinajstić information content (AvgIpc) is 3.49. The number of aromatic nitrogens is 3. The lowest BCUT2D eigenvalue weighted by Gasteiger charge is -2.03. The number of thiazole rings is 1. The molecule has 0 aliphatic heterocycles. The molecule has 1 amide bonds. The van der Waals surface area contributed by atoms with Crippen molar-refractivity contribution in [1.82, 2.24) is 15.0 Å². The lowest BCUT2D eigenvalue weighted by atomic mass is 10.2. The second-order valence-corrected chi connectivity index (χ2v) is 7.65. The Bertz CT molecular complexity index is 1390. The maximum absolute atomic E-state index is 14.0. The molecule has 0 fully saturated rings. The Hall–Kier alpha value is -3.85. The van der Waals surface area contributed by atoms with Gasteiger partial charge in [-0.25, -0.2) is 18.7 Å². The summed E-state index contributed by atoms with van der Waals surface area (Å²) in [5.74, 6) is -0.491. The van der Waals surface area contributed by atoms with E-state index >= 15 is 0 Å². The van der Waals surface area contributed by atoms with Crippen molar-refractivity contribution in [2.24, 2.45) is 0 Å². The van der Waals surface area contributed by atoms with E-state index in [-0.39, 0.29) is 23.7 Å². The topological polar surface area (TPSA) is 83.8 Å². The van der Waals surface area contributed by atoms with Gasteiger partial charge in [-0.3, -0.25) is 4.79 Å². The highest BCUT2D eigenvalue weighted by Crippen LogP contribution is 2.26. The first-order valence-corrected chi connectivity index (χ1v) is 10.2. The third-order valence-electron chi connectivity index (χ3n) is 4.57. The van der Waals surface area contributed by atoms with Gasteiger partial charge in [0.15, 0.2) is 10.8 Å². The monoisotopic (exact) mass is 436 g/mol. The van der Waals surface area contributed by atoms with Crippen molar-refractivity contribution in [2.75, 3.05) is 5.32 Å². The molecule has 0 aliphatic rings. The minimum Gasteiger partial charge on any atom is -0.462 e. The summed E-state index contributed by atoms with van der Waals surface area (Å²) in [7, 11) is 0. The van der Waals surface area contributed by atoms with Gasteiger partial charge in [0, 0.05) is 11.1 Å². The maximum Gasteiger partial charge on any atom is 0.230 e. The number of imidazole rings is 1. The minimum atomic E-state index is -0.578. The summed E-state index contributed by atoms with van der Waals surface area (Å²) < 4.78 is 32.8. The van der Waals surface area contributed by atoms with E-state index in [9.17, 15) is 13.6 Å². The predicted molar refractivity (Wildman–Crippen MR) is 114 cm³/mol. The van der Waals surface area contributed by atoms with E-state index in [1.165, 1.54) is 11.3 Å². The molecule has 6 nitrogen and oxygen atoms in total. The van der Waals surface area contributed by atoms with Crippen LogP contribution < -0.4 is 5.32 Å². The highest BCUT2D eigenvalue weighted by atomic mass is 32.1. The summed E-state index contributed by atoms with van der Waals surface area (Å²) in [6.07, 6.45) is 1.68. The van der Waals surface area contributed by atoms with Crippen molar-refractivity contribution in [3.63, 3.8) is 0 Å². The van der Waals surface area contributed by atoms with Crippen LogP contribution in [-0.4, -0.2) is 20.9 Å². The van der Waals surface area contributed by atoms with Gasteiger partial charge in [-0.2, -0.15) is 0 Å². The molecule has 2 aromatic carbocycles. The fourth-order valence-corrected chi connectivity index (χ4v) is 3.95. The number of hydrogen-bond acceptors (Lipinski definition) is 5. The second-order valence-electron chi connectivity index (χ2n) is 6.79. The molecule has 154 valence electrons. The van der Waals surface area contributed by atoms with Crippen molar-refractivity contribution >= 4 is 34.0 Å². The number of aromatic amines is 1. The normalized spacial score (nSPS) is 11.2. The zero-order valence-corrected chi connectivity index (χ0v) is 16.7. The van der Waals surface area contributed by atoms with E-state index in [0.29, 0.717) is 33.2 Å². The zero-order valence-electron chi connectivity index (χ0n) is 15.9. The number of carbonyl (C=O) groups is 1. The van der Waals surface area contributed by atoms with Crippen LogP contribution in [0.1, 0.15) is 5.69 Å². The molecule has 2 N–H and O–H groups in total. The number of amides is 1. The fourth-order valence-electron chi connectivity index (χ4n) is 3.17. The molecule has 0 aliphatic carbocycles. The van der Waals surface area contributed by atoms with E-state index in [1.807, 2.05) is 11.4 Å². The largest absolute Gasteiger partial charge is 0.462 e. The van der Waals surface area contributed by atoms with Crippen LogP contribution >= 0.6 is 11.3 Å². The number of nitrogens with one attached hydrogen (secondary N) is 2. The Morgan fingerprint density at radius 2 is 2.03 bits per heavy atom. The van der Waals surface area contributed by atoms with Crippen LogP contribution in [0.25, 0.3) is 33.2 Å². The van der Waals surface area contributed by atoms with Crippen LogP contribution in [0.5, 0.6) is 0 Å². The van der Waals surface area contributed by atoms with Gasteiger partial charge in [-0.1, -0.05) is 0 Å². The summed E-state index contributed by atoms with van der Waals surface area (Å²) in [4.78, 5) is 24.1. The van der Waals surface area contributed by atoms with E-state index in [2.05, 4.69) is 20.3 Å². The highest BCUT2D eigenvalue weighted by Gasteiger charge is 2.14. The Labute approximate surface area is 178 Å². The third-order valence-corrected chi connectivity index (χ3v) is 5.48. The van der Waals surface area contributed by atoms with Crippen molar-refractivity contribution in [1.29, 1.82) is 0 Å². The van der Waals surface area contributed by atoms with Gasteiger partial charge >= 0.3 is 0 Å². The lowest BCUT2D eigenvalue weighted by molar-refractivity contribution is -0.115. The number of carbonyl (C=O) groups excluding carboxylic acids is 1. The van der Waals surface area contributed by atoms with E-state index in [4.69, 9.17) is 4.42 Å². The number of benzene rings is 2. The van der Waals surface area contributed by atoms with Gasteiger partial charge in [-0.05, 0) is 48.5 Å². The smallest absolute Gasteiger partial charge is 0.230 e. The quantitative estimate of drug-likeness (QED) is 0.386. The number of fused-ring (bicyclic) bond motifs is 1. The third kappa shape index (κ3) is 3.95. The van der Waals surface area contributed by atoms with E-state index in [1.54, 1.807) is 30.5 Å². The minimum absolute atomic E-state index is 0.0395. The van der Waals surface area contributed by atoms with Gasteiger partial charge in [0.2, 0.25) is 5.91 Å². The number of halogens is 2. The van der Waals surface area contributed by atoms with Crippen LogP contribution in [0.15, 0.2) is 64.6 Å². The van der Waals surface area contributed by atoms with Crippen LogP contribution in [0, 0.1) is 11.6 Å². The Morgan fingerprint density at radius 1 is 1.13 bits per heavy atom. The summed E-state index contributed by atoms with van der Waals surface area (Å²) in [5.41, 5.74) is 2.39. The number of furan rings is 1. The number of hydrogen-bond donors (Lipinski definition) is 2. The number of H-pyrrole nitrogens is 1. The number of anilines is 1. The molecule has 0 saturated carbocycles. The fraction of sp³-hybridized carbons (Fsp3) is 0.0455. The first-order chi connectivity index (χ1) is 15.0. The molecular weight excluding hydrogens is 422 g/mol. The summed E-state index contributed by atoms with van der Waals surface area (Å²) in [6.45, 7) is 0. The Kier molecular flexibility index (Phi) is 4.79. The van der Waals surface area contributed by atoms with Gasteiger partial charge in [0.1, 0.15) is 17.5 Å². The molecular formula is C22H14F2N4O2S. The van der Waals surface area contributed by atoms with Gasteiger partial charge in [-0.15, -0.1) is 11.3 Å². The molecule has 9 heteroatoms. The molecule has 0 unspecified atom stereocenters. The molecule has 0 atom stereocenters. The van der Waals surface area contributed by atoms with E-state index in [0.717, 1.165) is 18.2 Å². The molecule has 5 aromatic rings. The summed E-state index contributed by atoms with van der Waals surface area (Å²) in [6, 6.07) is 11.9. The standard InChI is InChI=1S/C22H14F2N4O2S/c23-12-3-5-16(24)15(8-12)21-27-17-6-4-13(9-18(17)28-21)25-20(29)10-14-11-31-22(26-14)19-2-1-7-30-19/h1-9,11H,10H2,(H,25,29)(H,27,28). The molecule has 0 spiro atoms. The molecule has 0 saturated heterocycles. The van der Waals surface area contributed by atoms with Crippen molar-refractivity contribution in [3.05, 3.63) is 77.5 Å². The molecule has 3 heterocycles. The Morgan fingerprint density at radius 3 is 2.87 bits per heavy atom. The van der Waals surface area contributed by atoms with Crippen LogP contribution in [0.3, 0.4) is 0 Å². The van der Waals surface area contributed by atoms with E-state index < -0.39 is 11.6 Å². The van der Waals surface area contributed by atoms with Crippen LogP contribution in [-0.2, 0) is 11.2 Å². The Balaban J connectivity index is 1.32. The molecule has 5 rings (SSSR count). The summed E-state index contributed by atoms with van der Waals surface area (Å²) >= 11 is 1.40. The van der Waals surface area contributed by atoms with Crippen LogP contribution in [0.4, 0.5) is 14.5 Å². The number of nitrogens with zero attached hydrogens (tertiary/aromatic N) is 2. The molecule has 31 heavy (non-hydrogen) atoms. The SMILES string of the molecule is O=C(Cc1csc(-c2ccco2)n1)Nc1ccc2nc(-c3cc(F)ccc3F)[nH]c2c1. The average molecular weight is 436 g/mol. The molecule has 0 bridgehead atoms. The number of rotatable bonds is 5. The summed E-state index contributed by atoms with van der Waals surface area (Å²) in [5, 5.41) is 5.34. The van der Waals surface area contributed by atoms with Crippen molar-refractivity contribution in [2.45, 2.75) is 6.42 Å². The van der Waals surface area contributed by atoms with Gasteiger partial charge in [0.25, 0.3) is 0 Å². The van der Waals surface area contributed by atoms with Crippen molar-refractivity contribution in [3.8, 4) is 22.2 Å². The lowest BCUT2D eigenvalue weighted by Crippen LogP contribution is -2.14. The van der Waals surface area contributed by atoms with Crippen LogP contribution in [0.2, 0.25) is 0 Å². The highest BCUT2D eigenvalue weighted by molar-refractivity contribution is 7.13. The zero-order chi connectivity index (χ0) is 21.4. The first-order valence-electron chi connectivity index (χ1n) is 9.28. The van der Waals surface area contributed by atoms with Crippen molar-refractivity contribution < 1.29 is 18.0 Å². The van der Waals surface area contributed by atoms with Gasteiger partial charge in [0.05, 0.1) is 35.0 Å².